The molecule has 0 aromatic carbocycles. The molecule has 1 aliphatic rings. The quantitative estimate of drug-likeness (QED) is 0.741. The highest BCUT2D eigenvalue weighted by molar-refractivity contribution is 5.85. The average Bonchev–Trinajstić information content (AvgIpc) is 2.65. The molecule has 16 heavy (non-hydrogen) atoms. The van der Waals surface area contributed by atoms with Crippen LogP contribution in [0.25, 0.3) is 0 Å². The zero-order chi connectivity index (χ0) is 11.4. The lowest BCUT2D eigenvalue weighted by atomic mass is 10.2. The smallest absolute Gasteiger partial charge is 0.323 e. The van der Waals surface area contributed by atoms with E-state index >= 15 is 0 Å². The topological polar surface area (TPSA) is 64.6 Å². The molecule has 0 amide bonds. The van der Waals surface area contributed by atoms with Crippen molar-refractivity contribution in [3.05, 3.63) is 0 Å². The van der Waals surface area contributed by atoms with E-state index in [9.17, 15) is 9.59 Å². The number of carbonyl (C=O) groups is 2. The lowest BCUT2D eigenvalue weighted by Gasteiger charge is -2.12. The lowest BCUT2D eigenvalue weighted by Crippen LogP contribution is -2.31. The Morgan fingerprint density at radius 3 is 2.50 bits per heavy atom. The number of carbonyl (C=O) groups excluding carboxylic acids is 2. The Morgan fingerprint density at radius 1 is 1.38 bits per heavy atom. The van der Waals surface area contributed by atoms with Crippen LogP contribution < -0.4 is 5.32 Å². The molecule has 5 nitrogen and oxygen atoms in total. The summed E-state index contributed by atoms with van der Waals surface area (Å²) in [4.78, 5) is 22.4. The Labute approximate surface area is 101 Å². The molecular weight excluding hydrogens is 234 g/mol. The molecule has 0 aromatic rings. The van der Waals surface area contributed by atoms with Crippen molar-refractivity contribution in [2.75, 3.05) is 13.7 Å². The lowest BCUT2D eigenvalue weighted by molar-refractivity contribution is -0.152. The molecule has 0 saturated carbocycles. The Hall–Kier alpha value is -0.810. The summed E-state index contributed by atoms with van der Waals surface area (Å²) in [5.74, 6) is -0.674. The van der Waals surface area contributed by atoms with Crippen LogP contribution >= 0.6 is 12.4 Å². The van der Waals surface area contributed by atoms with Gasteiger partial charge in [0.1, 0.15) is 12.1 Å². The first-order valence-electron chi connectivity index (χ1n) is 5.06. The standard InChI is InChI=1S/C10H17NO4.ClH/c1-6(2)9(12)15-7-4-8(11-5-7)10(13)14-3;/h6-8,11H,4-5H2,1-3H3;1H. The molecule has 0 bridgehead atoms. The second kappa shape index (κ2) is 6.70. The Kier molecular flexibility index (Phi) is 6.36. The summed E-state index contributed by atoms with van der Waals surface area (Å²) in [5, 5.41) is 2.95. The van der Waals surface area contributed by atoms with Crippen LogP contribution in [0.15, 0.2) is 0 Å². The van der Waals surface area contributed by atoms with Crippen molar-refractivity contribution in [1.82, 2.24) is 5.32 Å². The van der Waals surface area contributed by atoms with Crippen molar-refractivity contribution in [3.63, 3.8) is 0 Å². The molecule has 1 saturated heterocycles. The molecule has 2 unspecified atom stereocenters. The van der Waals surface area contributed by atoms with Gasteiger partial charge in [0.05, 0.1) is 13.0 Å². The van der Waals surface area contributed by atoms with Crippen LogP contribution in [0.5, 0.6) is 0 Å². The van der Waals surface area contributed by atoms with E-state index in [0.29, 0.717) is 13.0 Å². The van der Waals surface area contributed by atoms with E-state index in [2.05, 4.69) is 10.1 Å². The summed E-state index contributed by atoms with van der Waals surface area (Å²) in [6.07, 6.45) is 0.273. The molecule has 1 fully saturated rings. The second-order valence-corrected chi connectivity index (χ2v) is 3.93. The molecule has 1 heterocycles. The highest BCUT2D eigenvalue weighted by atomic mass is 35.5. The van der Waals surface area contributed by atoms with Gasteiger partial charge in [-0.2, -0.15) is 0 Å². The van der Waals surface area contributed by atoms with Crippen LogP contribution in [0.1, 0.15) is 20.3 Å². The third-order valence-corrected chi connectivity index (χ3v) is 2.33. The zero-order valence-electron chi connectivity index (χ0n) is 9.69. The number of halogens is 1. The first-order valence-corrected chi connectivity index (χ1v) is 5.06. The number of hydrogen-bond donors (Lipinski definition) is 1. The fourth-order valence-corrected chi connectivity index (χ4v) is 1.42. The van der Waals surface area contributed by atoms with Crippen LogP contribution in [0.4, 0.5) is 0 Å². The van der Waals surface area contributed by atoms with E-state index in [4.69, 9.17) is 4.74 Å². The maximum Gasteiger partial charge on any atom is 0.323 e. The maximum atomic E-state index is 11.3. The van der Waals surface area contributed by atoms with Gasteiger partial charge in [0.15, 0.2) is 0 Å². The zero-order valence-corrected chi connectivity index (χ0v) is 10.5. The predicted molar refractivity (Wildman–Crippen MR) is 60.4 cm³/mol. The first kappa shape index (κ1) is 15.2. The molecule has 94 valence electrons. The molecule has 0 spiro atoms. The Bertz CT molecular complexity index is 257. The summed E-state index contributed by atoms with van der Waals surface area (Å²) < 4.78 is 9.78. The van der Waals surface area contributed by atoms with E-state index in [0.717, 1.165) is 0 Å². The molecule has 0 aliphatic carbocycles. The fourth-order valence-electron chi connectivity index (χ4n) is 1.42. The van der Waals surface area contributed by atoms with Gasteiger partial charge in [-0.3, -0.25) is 9.59 Å². The number of ether oxygens (including phenoxy) is 2. The van der Waals surface area contributed by atoms with Crippen molar-refractivity contribution in [2.24, 2.45) is 5.92 Å². The van der Waals surface area contributed by atoms with E-state index in [-0.39, 0.29) is 42.4 Å². The fraction of sp³-hybridized carbons (Fsp3) is 0.800. The van der Waals surface area contributed by atoms with Crippen molar-refractivity contribution in [1.29, 1.82) is 0 Å². The minimum Gasteiger partial charge on any atom is -0.468 e. The van der Waals surface area contributed by atoms with E-state index in [1.807, 2.05) is 0 Å². The van der Waals surface area contributed by atoms with Gasteiger partial charge < -0.3 is 14.8 Å². The van der Waals surface area contributed by atoms with Crippen molar-refractivity contribution in [3.8, 4) is 0 Å². The number of nitrogens with one attached hydrogen (secondary N) is 1. The minimum atomic E-state index is -0.347. The van der Waals surface area contributed by atoms with Crippen LogP contribution in [-0.2, 0) is 19.1 Å². The third-order valence-electron chi connectivity index (χ3n) is 2.33. The van der Waals surface area contributed by atoms with Crippen LogP contribution in [-0.4, -0.2) is 37.7 Å². The van der Waals surface area contributed by atoms with Crippen molar-refractivity contribution >= 4 is 24.3 Å². The normalized spacial score (nSPS) is 23.8. The van der Waals surface area contributed by atoms with Gasteiger partial charge in [-0.05, 0) is 0 Å². The summed E-state index contributed by atoms with van der Waals surface area (Å²) >= 11 is 0. The number of hydrogen-bond acceptors (Lipinski definition) is 5. The average molecular weight is 252 g/mol. The van der Waals surface area contributed by atoms with Gasteiger partial charge in [-0.15, -0.1) is 12.4 Å². The van der Waals surface area contributed by atoms with Gasteiger partial charge in [0.25, 0.3) is 0 Å². The van der Waals surface area contributed by atoms with Gasteiger partial charge in [-0.1, -0.05) is 13.8 Å². The molecule has 6 heteroatoms. The van der Waals surface area contributed by atoms with Crippen LogP contribution in [0, 0.1) is 5.92 Å². The molecule has 1 rings (SSSR count). The summed E-state index contributed by atoms with van der Waals surface area (Å²) in [5.41, 5.74) is 0. The van der Waals surface area contributed by atoms with E-state index < -0.39 is 0 Å². The predicted octanol–water partition coefficient (Wildman–Crippen LogP) is 0.511. The van der Waals surface area contributed by atoms with Crippen molar-refractivity contribution < 1.29 is 19.1 Å². The monoisotopic (exact) mass is 251 g/mol. The van der Waals surface area contributed by atoms with E-state index in [1.165, 1.54) is 7.11 Å². The van der Waals surface area contributed by atoms with E-state index in [1.54, 1.807) is 13.8 Å². The Balaban J connectivity index is 0.00000225. The summed E-state index contributed by atoms with van der Waals surface area (Å²) in [7, 11) is 1.34. The number of rotatable bonds is 3. The second-order valence-electron chi connectivity index (χ2n) is 3.93. The van der Waals surface area contributed by atoms with Gasteiger partial charge in [0.2, 0.25) is 0 Å². The highest BCUT2D eigenvalue weighted by Gasteiger charge is 2.32. The van der Waals surface area contributed by atoms with Gasteiger partial charge >= 0.3 is 11.9 Å². The molecule has 2 atom stereocenters. The number of methoxy groups -OCH3 is 1. The Morgan fingerprint density at radius 2 is 2.00 bits per heavy atom. The molecular formula is C10H18ClNO4. The van der Waals surface area contributed by atoms with Gasteiger partial charge in [-0.25, -0.2) is 0 Å². The number of esters is 2. The maximum absolute atomic E-state index is 11.3. The molecule has 0 aromatic heterocycles. The largest absolute Gasteiger partial charge is 0.468 e. The van der Waals surface area contributed by atoms with Crippen LogP contribution in [0.3, 0.4) is 0 Å². The van der Waals surface area contributed by atoms with Gasteiger partial charge in [0, 0.05) is 13.0 Å². The third kappa shape index (κ3) is 3.98. The molecule has 1 aliphatic heterocycles. The molecule has 1 N–H and O–H groups in total. The highest BCUT2D eigenvalue weighted by Crippen LogP contribution is 2.13. The SMILES string of the molecule is COC(=O)C1CC(OC(=O)C(C)C)CN1.Cl. The molecule has 0 radical (unpaired) electrons. The first-order chi connectivity index (χ1) is 7.04. The minimum absolute atomic E-state index is 0. The summed E-state index contributed by atoms with van der Waals surface area (Å²) in [6.45, 7) is 4.07. The van der Waals surface area contributed by atoms with Crippen LogP contribution in [0.2, 0.25) is 0 Å². The van der Waals surface area contributed by atoms with Crippen molar-refractivity contribution in [2.45, 2.75) is 32.4 Å². The summed E-state index contributed by atoms with van der Waals surface area (Å²) in [6, 6.07) is -0.347.